The molecule has 0 aliphatic heterocycles. The van der Waals surface area contributed by atoms with E-state index in [-0.39, 0.29) is 0 Å². The van der Waals surface area contributed by atoms with Crippen molar-refractivity contribution in [3.63, 3.8) is 0 Å². The van der Waals surface area contributed by atoms with Crippen molar-refractivity contribution < 1.29 is 14.3 Å². The molecule has 0 unspecified atom stereocenters. The Morgan fingerprint density at radius 2 is 2.50 bits per heavy atom. The fraction of sp³-hybridized carbons (Fsp3) is 0.500. The fourth-order valence-electron chi connectivity index (χ4n) is 1.28. The van der Waals surface area contributed by atoms with E-state index >= 15 is 0 Å². The zero-order valence-electron chi connectivity index (χ0n) is 6.49. The Balaban J connectivity index is 2.09. The van der Waals surface area contributed by atoms with Gasteiger partial charge in [-0.1, -0.05) is 0 Å². The number of hydrogen-bond donors (Lipinski definition) is 1. The van der Waals surface area contributed by atoms with Crippen molar-refractivity contribution in [2.24, 2.45) is 5.41 Å². The zero-order valence-corrected chi connectivity index (χ0v) is 6.49. The molecule has 1 aromatic rings. The molecule has 0 spiro atoms. The van der Waals surface area contributed by atoms with Gasteiger partial charge in [-0.05, 0) is 12.8 Å². The third-order valence-corrected chi connectivity index (χ3v) is 2.30. The Kier molecular flexibility index (Phi) is 1.43. The molecule has 1 heterocycles. The van der Waals surface area contributed by atoms with Crippen LogP contribution in [0.25, 0.3) is 0 Å². The lowest BCUT2D eigenvalue weighted by molar-refractivity contribution is -0.143. The van der Waals surface area contributed by atoms with E-state index in [0.29, 0.717) is 12.2 Å². The second kappa shape index (κ2) is 2.33. The molecule has 0 saturated heterocycles. The van der Waals surface area contributed by atoms with Gasteiger partial charge in [-0.3, -0.25) is 4.79 Å². The second-order valence-electron chi connectivity index (χ2n) is 3.23. The van der Waals surface area contributed by atoms with Crippen LogP contribution in [0.1, 0.15) is 18.6 Å². The number of carbonyl (C=O) groups is 1. The van der Waals surface area contributed by atoms with Gasteiger partial charge < -0.3 is 9.52 Å². The summed E-state index contributed by atoms with van der Waals surface area (Å²) in [6.07, 6.45) is 4.88. The maximum Gasteiger partial charge on any atom is 0.310 e. The topological polar surface area (TPSA) is 63.3 Å². The highest BCUT2D eigenvalue weighted by Crippen LogP contribution is 2.48. The lowest BCUT2D eigenvalue weighted by Crippen LogP contribution is -2.17. The molecule has 1 aliphatic rings. The van der Waals surface area contributed by atoms with Crippen molar-refractivity contribution in [1.82, 2.24) is 4.98 Å². The van der Waals surface area contributed by atoms with Gasteiger partial charge in [0.25, 0.3) is 0 Å². The van der Waals surface area contributed by atoms with Crippen molar-refractivity contribution in [3.05, 3.63) is 18.4 Å². The molecule has 64 valence electrons. The highest BCUT2D eigenvalue weighted by atomic mass is 16.4. The molecule has 2 rings (SSSR count). The molecule has 1 aliphatic carbocycles. The highest BCUT2D eigenvalue weighted by molar-refractivity contribution is 5.78. The normalized spacial score (nSPS) is 19.0. The molecule has 0 radical (unpaired) electrons. The molecular formula is C8H9NO3. The van der Waals surface area contributed by atoms with Crippen molar-refractivity contribution in [2.75, 3.05) is 0 Å². The summed E-state index contributed by atoms with van der Waals surface area (Å²) in [5.74, 6) is -0.0613. The Bertz CT molecular complexity index is 287. The van der Waals surface area contributed by atoms with Gasteiger partial charge in [0.05, 0.1) is 11.6 Å². The van der Waals surface area contributed by atoms with Crippen LogP contribution in [0, 0.1) is 5.41 Å². The number of aromatic nitrogens is 1. The van der Waals surface area contributed by atoms with E-state index in [1.165, 1.54) is 6.39 Å². The summed E-state index contributed by atoms with van der Waals surface area (Å²) in [4.78, 5) is 14.5. The molecule has 1 N–H and O–H groups in total. The quantitative estimate of drug-likeness (QED) is 0.731. The van der Waals surface area contributed by atoms with Crippen LogP contribution >= 0.6 is 0 Å². The summed E-state index contributed by atoms with van der Waals surface area (Å²) >= 11 is 0. The summed E-state index contributed by atoms with van der Waals surface area (Å²) in [6.45, 7) is 0. The first kappa shape index (κ1) is 7.34. The fourth-order valence-corrected chi connectivity index (χ4v) is 1.28. The summed E-state index contributed by atoms with van der Waals surface area (Å²) in [5.41, 5.74) is -0.542. The minimum absolute atomic E-state index is 0.475. The van der Waals surface area contributed by atoms with E-state index in [2.05, 4.69) is 4.98 Å². The predicted octanol–water partition coefficient (Wildman–Crippen LogP) is 1.08. The van der Waals surface area contributed by atoms with E-state index in [4.69, 9.17) is 9.52 Å². The van der Waals surface area contributed by atoms with Gasteiger partial charge >= 0.3 is 5.97 Å². The standard InChI is InChI=1S/C8H9NO3/c10-7(11)8(1-2-8)3-6-4-9-5-12-6/h4-5H,1-3H2,(H,10,11). The summed E-state index contributed by atoms with van der Waals surface area (Å²) in [6, 6.07) is 0. The largest absolute Gasteiger partial charge is 0.481 e. The summed E-state index contributed by atoms with van der Waals surface area (Å²) < 4.78 is 4.99. The number of carboxylic acids is 1. The van der Waals surface area contributed by atoms with Crippen molar-refractivity contribution in [3.8, 4) is 0 Å². The van der Waals surface area contributed by atoms with Gasteiger partial charge in [-0.2, -0.15) is 0 Å². The van der Waals surface area contributed by atoms with Gasteiger partial charge in [0.2, 0.25) is 0 Å². The van der Waals surface area contributed by atoms with Crippen molar-refractivity contribution in [2.45, 2.75) is 19.3 Å². The number of oxazole rings is 1. The van der Waals surface area contributed by atoms with Gasteiger partial charge in [0.15, 0.2) is 6.39 Å². The third-order valence-electron chi connectivity index (χ3n) is 2.30. The molecular weight excluding hydrogens is 158 g/mol. The number of carboxylic acid groups (broad SMARTS) is 1. The number of rotatable bonds is 3. The smallest absolute Gasteiger partial charge is 0.310 e. The van der Waals surface area contributed by atoms with Crippen molar-refractivity contribution >= 4 is 5.97 Å². The van der Waals surface area contributed by atoms with E-state index in [1.807, 2.05) is 0 Å². The van der Waals surface area contributed by atoms with Crippen LogP contribution < -0.4 is 0 Å². The molecule has 12 heavy (non-hydrogen) atoms. The molecule has 4 heteroatoms. The zero-order chi connectivity index (χ0) is 8.60. The lowest BCUT2D eigenvalue weighted by atomic mass is 10.0. The molecule has 1 aromatic heterocycles. The maximum atomic E-state index is 10.7. The predicted molar refractivity (Wildman–Crippen MR) is 39.5 cm³/mol. The Hall–Kier alpha value is -1.32. The maximum absolute atomic E-state index is 10.7. The lowest BCUT2D eigenvalue weighted by Gasteiger charge is -2.04. The van der Waals surface area contributed by atoms with Gasteiger partial charge in [0, 0.05) is 6.42 Å². The SMILES string of the molecule is O=C(O)C1(Cc2cnco2)CC1. The van der Waals surface area contributed by atoms with Crippen LogP contribution in [0.2, 0.25) is 0 Å². The second-order valence-corrected chi connectivity index (χ2v) is 3.23. The molecule has 0 aromatic carbocycles. The first-order valence-electron chi connectivity index (χ1n) is 3.84. The minimum Gasteiger partial charge on any atom is -0.481 e. The highest BCUT2D eigenvalue weighted by Gasteiger charge is 2.50. The number of nitrogens with zero attached hydrogens (tertiary/aromatic N) is 1. The van der Waals surface area contributed by atoms with E-state index in [0.717, 1.165) is 12.8 Å². The summed E-state index contributed by atoms with van der Waals surface area (Å²) in [7, 11) is 0. The van der Waals surface area contributed by atoms with Gasteiger partial charge in [-0.15, -0.1) is 0 Å². The van der Waals surface area contributed by atoms with E-state index < -0.39 is 11.4 Å². The molecule has 1 saturated carbocycles. The molecule has 0 bridgehead atoms. The first-order chi connectivity index (χ1) is 5.73. The van der Waals surface area contributed by atoms with Crippen LogP contribution in [0.5, 0.6) is 0 Å². The Labute approximate surface area is 69.2 Å². The van der Waals surface area contributed by atoms with Crippen LogP contribution in [0.4, 0.5) is 0 Å². The summed E-state index contributed by atoms with van der Waals surface area (Å²) in [5, 5.41) is 8.84. The van der Waals surface area contributed by atoms with Crippen LogP contribution in [-0.2, 0) is 11.2 Å². The molecule has 4 nitrogen and oxygen atoms in total. The monoisotopic (exact) mass is 167 g/mol. The Morgan fingerprint density at radius 3 is 2.92 bits per heavy atom. The third kappa shape index (κ3) is 1.09. The van der Waals surface area contributed by atoms with E-state index in [9.17, 15) is 4.79 Å². The van der Waals surface area contributed by atoms with Crippen LogP contribution in [0.3, 0.4) is 0 Å². The minimum atomic E-state index is -0.723. The van der Waals surface area contributed by atoms with Gasteiger partial charge in [-0.25, -0.2) is 4.98 Å². The van der Waals surface area contributed by atoms with Crippen molar-refractivity contribution in [1.29, 1.82) is 0 Å². The molecule has 1 fully saturated rings. The average molecular weight is 167 g/mol. The first-order valence-corrected chi connectivity index (χ1v) is 3.84. The Morgan fingerprint density at radius 1 is 1.75 bits per heavy atom. The molecule has 0 atom stereocenters. The van der Waals surface area contributed by atoms with E-state index in [1.54, 1.807) is 6.20 Å². The average Bonchev–Trinajstić information content (AvgIpc) is 2.60. The number of aliphatic carboxylic acids is 1. The molecule has 0 amide bonds. The van der Waals surface area contributed by atoms with Crippen LogP contribution in [0.15, 0.2) is 17.0 Å². The van der Waals surface area contributed by atoms with Gasteiger partial charge in [0.1, 0.15) is 5.76 Å². The number of hydrogen-bond acceptors (Lipinski definition) is 3. The van der Waals surface area contributed by atoms with Crippen LogP contribution in [-0.4, -0.2) is 16.1 Å².